The van der Waals surface area contributed by atoms with Gasteiger partial charge in [0.05, 0.1) is 5.25 Å². The number of nitrogens with one attached hydrogen (secondary N) is 1. The number of carbonyl (C=O) groups is 2. The Hall–Kier alpha value is -0.510. The zero-order chi connectivity index (χ0) is 9.68. The van der Waals surface area contributed by atoms with E-state index in [0.717, 1.165) is 12.2 Å². The van der Waals surface area contributed by atoms with E-state index in [0.29, 0.717) is 6.42 Å². The molecule has 1 fully saturated rings. The molecule has 1 aliphatic rings. The summed E-state index contributed by atoms with van der Waals surface area (Å²) in [6, 6.07) is 0. The van der Waals surface area contributed by atoms with Crippen molar-refractivity contribution in [2.45, 2.75) is 37.9 Å². The number of hydrogen-bond acceptors (Lipinski definition) is 3. The molecule has 1 aliphatic heterocycles. The second kappa shape index (κ2) is 5.27. The Morgan fingerprint density at radius 2 is 2.23 bits per heavy atom. The molecule has 0 aromatic heterocycles. The van der Waals surface area contributed by atoms with Crippen molar-refractivity contribution in [1.82, 2.24) is 5.32 Å². The molecule has 0 aromatic carbocycles. The normalized spacial score (nSPS) is 22.1. The number of rotatable bonds is 5. The number of imide groups is 1. The Balaban J connectivity index is 2.14. The van der Waals surface area contributed by atoms with Gasteiger partial charge in [-0.15, -0.1) is 11.8 Å². The molecule has 4 heteroatoms. The molecule has 1 heterocycles. The van der Waals surface area contributed by atoms with E-state index in [1.165, 1.54) is 12.8 Å². The highest BCUT2D eigenvalue weighted by Gasteiger charge is 2.30. The molecule has 1 atom stereocenters. The second-order valence-electron chi connectivity index (χ2n) is 3.18. The molecule has 0 spiro atoms. The van der Waals surface area contributed by atoms with Gasteiger partial charge in [0.25, 0.3) is 0 Å². The van der Waals surface area contributed by atoms with Gasteiger partial charge in [0, 0.05) is 6.42 Å². The molecular formula is C9H15NO2S. The summed E-state index contributed by atoms with van der Waals surface area (Å²) in [5, 5.41) is 2.19. The standard InChI is InChI=1S/C9H15NO2S/c1-2-3-4-5-13-7-6-8(11)10-9(7)12/h7H,2-6H2,1H3,(H,10,11,12). The highest BCUT2D eigenvalue weighted by molar-refractivity contribution is 8.00. The van der Waals surface area contributed by atoms with Gasteiger partial charge in [-0.3, -0.25) is 14.9 Å². The van der Waals surface area contributed by atoms with Gasteiger partial charge in [-0.2, -0.15) is 0 Å². The Labute approximate surface area is 82.6 Å². The van der Waals surface area contributed by atoms with Crippen LogP contribution in [0.1, 0.15) is 32.6 Å². The Kier molecular flexibility index (Phi) is 4.28. The topological polar surface area (TPSA) is 46.2 Å². The SMILES string of the molecule is CCCCCSC1CC(=O)NC1=O. The largest absolute Gasteiger partial charge is 0.295 e. The average molecular weight is 201 g/mol. The minimum atomic E-state index is -0.127. The predicted octanol–water partition coefficient (Wildman–Crippen LogP) is 1.32. The third-order valence-corrected chi connectivity index (χ3v) is 3.30. The van der Waals surface area contributed by atoms with Crippen molar-refractivity contribution < 1.29 is 9.59 Å². The molecule has 1 saturated heterocycles. The summed E-state index contributed by atoms with van der Waals surface area (Å²) < 4.78 is 0. The van der Waals surface area contributed by atoms with Crippen molar-refractivity contribution in [3.05, 3.63) is 0 Å². The van der Waals surface area contributed by atoms with E-state index in [-0.39, 0.29) is 17.1 Å². The van der Waals surface area contributed by atoms with Gasteiger partial charge in [-0.05, 0) is 12.2 Å². The fourth-order valence-electron chi connectivity index (χ4n) is 1.24. The van der Waals surface area contributed by atoms with Gasteiger partial charge in [-0.1, -0.05) is 19.8 Å². The first kappa shape index (κ1) is 10.6. The second-order valence-corrected chi connectivity index (χ2v) is 4.49. The highest BCUT2D eigenvalue weighted by Crippen LogP contribution is 2.20. The maximum atomic E-state index is 11.1. The maximum absolute atomic E-state index is 11.1. The Morgan fingerprint density at radius 3 is 2.77 bits per heavy atom. The quantitative estimate of drug-likeness (QED) is 0.539. The lowest BCUT2D eigenvalue weighted by atomic mass is 10.3. The Bertz CT molecular complexity index is 206. The van der Waals surface area contributed by atoms with E-state index in [1.54, 1.807) is 11.8 Å². The minimum absolute atomic E-state index is 0.105. The smallest absolute Gasteiger partial charge is 0.240 e. The third-order valence-electron chi connectivity index (χ3n) is 1.99. The van der Waals surface area contributed by atoms with Crippen molar-refractivity contribution in [2.75, 3.05) is 5.75 Å². The molecule has 1 unspecified atom stereocenters. The lowest BCUT2D eigenvalue weighted by Gasteiger charge is -2.04. The van der Waals surface area contributed by atoms with Crippen molar-refractivity contribution >= 4 is 23.6 Å². The van der Waals surface area contributed by atoms with Gasteiger partial charge < -0.3 is 0 Å². The molecule has 1 rings (SSSR count). The van der Waals surface area contributed by atoms with E-state index in [9.17, 15) is 9.59 Å². The summed E-state index contributed by atoms with van der Waals surface area (Å²) in [7, 11) is 0. The minimum Gasteiger partial charge on any atom is -0.295 e. The molecule has 0 bridgehead atoms. The van der Waals surface area contributed by atoms with Crippen LogP contribution in [0, 0.1) is 0 Å². The van der Waals surface area contributed by atoms with Gasteiger partial charge in [-0.25, -0.2) is 0 Å². The Morgan fingerprint density at radius 1 is 1.46 bits per heavy atom. The first-order chi connectivity index (χ1) is 6.24. The summed E-state index contributed by atoms with van der Waals surface area (Å²) in [6.45, 7) is 2.15. The number of thioether (sulfide) groups is 1. The van der Waals surface area contributed by atoms with Crippen LogP contribution < -0.4 is 5.32 Å². The monoisotopic (exact) mass is 201 g/mol. The van der Waals surface area contributed by atoms with Gasteiger partial charge in [0.1, 0.15) is 0 Å². The van der Waals surface area contributed by atoms with Crippen molar-refractivity contribution in [1.29, 1.82) is 0 Å². The van der Waals surface area contributed by atoms with Crippen LogP contribution in [0.2, 0.25) is 0 Å². The number of carbonyl (C=O) groups excluding carboxylic acids is 2. The van der Waals surface area contributed by atoms with Crippen LogP contribution in [0.25, 0.3) is 0 Å². The summed E-state index contributed by atoms with van der Waals surface area (Å²) in [5.41, 5.74) is 0. The van der Waals surface area contributed by atoms with Crippen molar-refractivity contribution in [2.24, 2.45) is 0 Å². The van der Waals surface area contributed by atoms with Crippen LogP contribution in [0.5, 0.6) is 0 Å². The van der Waals surface area contributed by atoms with E-state index >= 15 is 0 Å². The van der Waals surface area contributed by atoms with E-state index < -0.39 is 0 Å². The molecule has 2 amide bonds. The summed E-state index contributed by atoms with van der Waals surface area (Å²) in [5.74, 6) is 0.753. The number of unbranched alkanes of at least 4 members (excludes halogenated alkanes) is 2. The zero-order valence-electron chi connectivity index (χ0n) is 7.84. The van der Waals surface area contributed by atoms with E-state index in [2.05, 4.69) is 12.2 Å². The highest BCUT2D eigenvalue weighted by atomic mass is 32.2. The first-order valence-electron chi connectivity index (χ1n) is 4.69. The van der Waals surface area contributed by atoms with E-state index in [4.69, 9.17) is 0 Å². The van der Waals surface area contributed by atoms with Crippen molar-refractivity contribution in [3.8, 4) is 0 Å². The fraction of sp³-hybridized carbons (Fsp3) is 0.778. The lowest BCUT2D eigenvalue weighted by Crippen LogP contribution is -2.23. The van der Waals surface area contributed by atoms with Crippen LogP contribution in [0.3, 0.4) is 0 Å². The summed E-state index contributed by atoms with van der Waals surface area (Å²) in [4.78, 5) is 21.9. The number of amides is 2. The van der Waals surface area contributed by atoms with Crippen LogP contribution in [-0.2, 0) is 9.59 Å². The first-order valence-corrected chi connectivity index (χ1v) is 5.74. The van der Waals surface area contributed by atoms with Crippen LogP contribution in [0.4, 0.5) is 0 Å². The van der Waals surface area contributed by atoms with Gasteiger partial charge in [0.2, 0.25) is 11.8 Å². The van der Waals surface area contributed by atoms with Gasteiger partial charge >= 0.3 is 0 Å². The van der Waals surface area contributed by atoms with Gasteiger partial charge in [0.15, 0.2) is 0 Å². The van der Waals surface area contributed by atoms with Crippen molar-refractivity contribution in [3.63, 3.8) is 0 Å². The predicted molar refractivity (Wildman–Crippen MR) is 53.5 cm³/mol. The molecule has 3 nitrogen and oxygen atoms in total. The molecule has 0 aromatic rings. The molecule has 0 saturated carbocycles. The zero-order valence-corrected chi connectivity index (χ0v) is 8.65. The molecular weight excluding hydrogens is 186 g/mol. The average Bonchev–Trinajstić information content (AvgIpc) is 2.39. The van der Waals surface area contributed by atoms with Crippen LogP contribution in [0.15, 0.2) is 0 Å². The number of hydrogen-bond donors (Lipinski definition) is 1. The summed E-state index contributed by atoms with van der Waals surface area (Å²) >= 11 is 1.60. The molecule has 13 heavy (non-hydrogen) atoms. The van der Waals surface area contributed by atoms with Crippen LogP contribution in [-0.4, -0.2) is 22.8 Å². The fourth-order valence-corrected chi connectivity index (χ4v) is 2.38. The maximum Gasteiger partial charge on any atom is 0.240 e. The van der Waals surface area contributed by atoms with E-state index in [1.807, 2.05) is 0 Å². The lowest BCUT2D eigenvalue weighted by molar-refractivity contribution is -0.124. The molecule has 0 radical (unpaired) electrons. The van der Waals surface area contributed by atoms with Crippen LogP contribution >= 0.6 is 11.8 Å². The molecule has 0 aliphatic carbocycles. The summed E-state index contributed by atoms with van der Waals surface area (Å²) in [6.07, 6.45) is 3.90. The third kappa shape index (κ3) is 3.38. The molecule has 74 valence electrons. The molecule has 1 N–H and O–H groups in total.